The van der Waals surface area contributed by atoms with Gasteiger partial charge in [0.1, 0.15) is 0 Å². The second-order valence-electron chi connectivity index (χ2n) is 4.07. The average Bonchev–Trinajstić information content (AvgIpc) is 1.61. The second-order valence-corrected chi connectivity index (χ2v) is 8.79. The van der Waals surface area contributed by atoms with E-state index >= 15 is 0 Å². The predicted molar refractivity (Wildman–Crippen MR) is 47.3 cm³/mol. The Morgan fingerprint density at radius 1 is 1.18 bits per heavy atom. The van der Waals surface area contributed by atoms with Crippen molar-refractivity contribution in [2.45, 2.75) is 38.9 Å². The molecule has 0 amide bonds. The van der Waals surface area contributed by atoms with Crippen molar-refractivity contribution < 1.29 is 23.1 Å². The summed E-state index contributed by atoms with van der Waals surface area (Å²) in [7, 11) is 0.304. The van der Waals surface area contributed by atoms with Crippen LogP contribution in [0.4, 0.5) is 0 Å². The average molecular weight is 212 g/mol. The summed E-state index contributed by atoms with van der Waals surface area (Å²) in [6.45, 7) is 11.1. The van der Waals surface area contributed by atoms with Crippen LogP contribution in [-0.4, -0.2) is 15.4 Å². The molecule has 0 rings (SSSR count). The second kappa shape index (κ2) is 4.68. The topological polar surface area (TPSA) is 21.3 Å². The molecule has 0 aromatic heterocycles. The quantitative estimate of drug-likeness (QED) is 0.559. The van der Waals surface area contributed by atoms with E-state index in [-0.39, 0.29) is 18.6 Å². The van der Waals surface area contributed by atoms with E-state index in [1.54, 1.807) is 0 Å². The third kappa shape index (κ3) is 4.33. The van der Waals surface area contributed by atoms with E-state index < -0.39 is 8.32 Å². The smallest absolute Gasteiger partial charge is 0.219 e. The molecular formula is C7H19NOSiV. The third-order valence-corrected chi connectivity index (χ3v) is 6.49. The number of nitrogens with one attached hydrogen (secondary N) is 1. The predicted octanol–water partition coefficient (Wildman–Crippen LogP) is 2.14. The van der Waals surface area contributed by atoms with Gasteiger partial charge in [-0.25, -0.2) is 5.48 Å². The SMILES string of the molecule is CNO[Si](C)(C)C(C)(C)C.[V]. The van der Waals surface area contributed by atoms with E-state index in [0.717, 1.165) is 0 Å². The first-order chi connectivity index (χ1) is 4.31. The number of hydrogen-bond acceptors (Lipinski definition) is 2. The molecular weight excluding hydrogens is 193 g/mol. The first-order valence-electron chi connectivity index (χ1n) is 3.66. The molecule has 0 atom stereocenters. The Morgan fingerprint density at radius 2 is 1.55 bits per heavy atom. The standard InChI is InChI=1S/C7H19NOSi.V/c1-7(2,3)10(5,6)9-8-4;/h8H,1-6H3;. The number of rotatable bonds is 2. The van der Waals surface area contributed by atoms with Crippen molar-refractivity contribution in [2.24, 2.45) is 0 Å². The fourth-order valence-electron chi connectivity index (χ4n) is 0.408. The molecule has 0 saturated carbocycles. The van der Waals surface area contributed by atoms with E-state index in [4.69, 9.17) is 4.53 Å². The maximum absolute atomic E-state index is 5.48. The van der Waals surface area contributed by atoms with Gasteiger partial charge in [-0.1, -0.05) is 20.8 Å². The van der Waals surface area contributed by atoms with Gasteiger partial charge in [-0.05, 0) is 18.1 Å². The summed E-state index contributed by atoms with van der Waals surface area (Å²) in [6.07, 6.45) is 0. The van der Waals surface area contributed by atoms with Gasteiger partial charge >= 0.3 is 0 Å². The van der Waals surface area contributed by atoms with Crippen LogP contribution < -0.4 is 5.48 Å². The summed E-state index contributed by atoms with van der Waals surface area (Å²) in [5.74, 6) is 0. The summed E-state index contributed by atoms with van der Waals surface area (Å²) in [5.41, 5.74) is 2.78. The fraction of sp³-hybridized carbons (Fsp3) is 1.00. The first-order valence-corrected chi connectivity index (χ1v) is 6.57. The zero-order valence-electron chi connectivity index (χ0n) is 8.36. The summed E-state index contributed by atoms with van der Waals surface area (Å²) >= 11 is 0. The van der Waals surface area contributed by atoms with Gasteiger partial charge in [0.25, 0.3) is 0 Å². The minimum Gasteiger partial charge on any atom is -0.345 e. The molecule has 0 unspecified atom stereocenters. The Morgan fingerprint density at radius 3 is 1.64 bits per heavy atom. The van der Waals surface area contributed by atoms with Gasteiger partial charge in [0.2, 0.25) is 8.32 Å². The fourth-order valence-corrected chi connectivity index (χ4v) is 1.22. The van der Waals surface area contributed by atoms with Crippen LogP contribution in [0.3, 0.4) is 0 Å². The Labute approximate surface area is 83.1 Å². The van der Waals surface area contributed by atoms with Crippen molar-refractivity contribution >= 4 is 8.32 Å². The van der Waals surface area contributed by atoms with Gasteiger partial charge in [-0.3, -0.25) is 0 Å². The molecule has 1 radical (unpaired) electrons. The number of hydrogen-bond donors (Lipinski definition) is 1. The maximum Gasteiger partial charge on any atom is 0.219 e. The molecule has 0 heterocycles. The van der Waals surface area contributed by atoms with Crippen LogP contribution in [0.2, 0.25) is 18.1 Å². The van der Waals surface area contributed by atoms with Crippen molar-refractivity contribution in [2.75, 3.05) is 7.05 Å². The van der Waals surface area contributed by atoms with Gasteiger partial charge in [-0.2, -0.15) is 0 Å². The van der Waals surface area contributed by atoms with E-state index in [9.17, 15) is 0 Å². The summed E-state index contributed by atoms with van der Waals surface area (Å²) in [5, 5.41) is 0.302. The molecule has 0 aliphatic heterocycles. The maximum atomic E-state index is 5.48. The molecule has 0 aliphatic rings. The number of hydroxylamine groups is 1. The molecule has 0 saturated heterocycles. The molecule has 0 bridgehead atoms. The van der Waals surface area contributed by atoms with Gasteiger partial charge in [0, 0.05) is 25.6 Å². The van der Waals surface area contributed by atoms with Crippen LogP contribution in [0, 0.1) is 0 Å². The summed E-state index contributed by atoms with van der Waals surface area (Å²) < 4.78 is 5.48. The van der Waals surface area contributed by atoms with Gasteiger partial charge in [0.15, 0.2) is 0 Å². The van der Waals surface area contributed by atoms with Crippen LogP contribution >= 0.6 is 0 Å². The van der Waals surface area contributed by atoms with Gasteiger partial charge in [0.05, 0.1) is 0 Å². The van der Waals surface area contributed by atoms with Crippen LogP contribution in [0.25, 0.3) is 0 Å². The minimum atomic E-state index is -1.52. The Kier molecular flexibility index (Phi) is 6.06. The molecule has 0 aromatic rings. The largest absolute Gasteiger partial charge is 0.345 e. The Bertz CT molecular complexity index is 111. The van der Waals surface area contributed by atoms with E-state index in [0.29, 0.717) is 5.04 Å². The molecule has 4 heteroatoms. The Hall–Kier alpha value is 0.721. The molecule has 0 fully saturated rings. The zero-order chi connectivity index (χ0) is 8.41. The van der Waals surface area contributed by atoms with Crippen LogP contribution in [0.15, 0.2) is 0 Å². The van der Waals surface area contributed by atoms with E-state index in [2.05, 4.69) is 39.3 Å². The van der Waals surface area contributed by atoms with Crippen molar-refractivity contribution in [3.8, 4) is 0 Å². The Balaban J connectivity index is 0. The first kappa shape index (κ1) is 14.3. The van der Waals surface area contributed by atoms with Crippen molar-refractivity contribution in [1.29, 1.82) is 0 Å². The molecule has 1 N–H and O–H groups in total. The van der Waals surface area contributed by atoms with Gasteiger partial charge < -0.3 is 4.53 Å². The van der Waals surface area contributed by atoms with E-state index in [1.807, 2.05) is 7.05 Å². The summed E-state index contributed by atoms with van der Waals surface area (Å²) in [4.78, 5) is 0. The van der Waals surface area contributed by atoms with Crippen molar-refractivity contribution in [3.05, 3.63) is 0 Å². The molecule has 0 aromatic carbocycles. The van der Waals surface area contributed by atoms with Crippen LogP contribution in [-0.2, 0) is 23.1 Å². The van der Waals surface area contributed by atoms with Crippen molar-refractivity contribution in [3.63, 3.8) is 0 Å². The minimum absolute atomic E-state index is 0. The van der Waals surface area contributed by atoms with Crippen LogP contribution in [0.1, 0.15) is 20.8 Å². The normalized spacial score (nSPS) is 12.5. The zero-order valence-corrected chi connectivity index (χ0v) is 10.8. The van der Waals surface area contributed by atoms with E-state index in [1.165, 1.54) is 0 Å². The monoisotopic (exact) mass is 212 g/mol. The van der Waals surface area contributed by atoms with Gasteiger partial charge in [-0.15, -0.1) is 0 Å². The molecule has 0 aliphatic carbocycles. The molecule has 67 valence electrons. The van der Waals surface area contributed by atoms with Crippen molar-refractivity contribution in [1.82, 2.24) is 5.48 Å². The summed E-state index contributed by atoms with van der Waals surface area (Å²) in [6, 6.07) is 0. The molecule has 2 nitrogen and oxygen atoms in total. The molecule has 0 spiro atoms. The molecule has 11 heavy (non-hydrogen) atoms. The third-order valence-electron chi connectivity index (χ3n) is 2.16. The van der Waals surface area contributed by atoms with Crippen LogP contribution in [0.5, 0.6) is 0 Å².